The summed E-state index contributed by atoms with van der Waals surface area (Å²) in [6.07, 6.45) is 0.137. The van der Waals surface area contributed by atoms with E-state index in [0.29, 0.717) is 18.3 Å². The van der Waals surface area contributed by atoms with Crippen molar-refractivity contribution < 1.29 is 4.74 Å². The number of hydrogen-bond acceptors (Lipinski definition) is 3. The quantitative estimate of drug-likeness (QED) is 0.584. The maximum atomic E-state index is 5.23. The van der Waals surface area contributed by atoms with Crippen LogP contribution in [0.2, 0.25) is 0 Å². The number of thiocarbonyl (C=S) groups is 1. The van der Waals surface area contributed by atoms with Crippen molar-refractivity contribution in [2.75, 3.05) is 13.1 Å². The average Bonchev–Trinajstić information content (AvgIpc) is 1.82. The topological polar surface area (TPSA) is 47.3 Å². The van der Waals surface area contributed by atoms with Gasteiger partial charge in [-0.25, -0.2) is 0 Å². The molecular formula is C6H14N2OS. The minimum Gasteiger partial charge on any atom is -0.468 e. The van der Waals surface area contributed by atoms with E-state index in [2.05, 4.69) is 5.32 Å². The second-order valence-corrected chi connectivity index (χ2v) is 2.54. The van der Waals surface area contributed by atoms with Gasteiger partial charge in [0.1, 0.15) is 0 Å². The van der Waals surface area contributed by atoms with Gasteiger partial charge in [-0.2, -0.15) is 0 Å². The minimum atomic E-state index is 0.137. The molecule has 10 heavy (non-hydrogen) atoms. The average molecular weight is 162 g/mol. The minimum absolute atomic E-state index is 0.137. The molecule has 0 fully saturated rings. The molecule has 0 unspecified atom stereocenters. The van der Waals surface area contributed by atoms with Crippen molar-refractivity contribution in [3.8, 4) is 0 Å². The fourth-order valence-electron chi connectivity index (χ4n) is 0.430. The Hall–Kier alpha value is -0.350. The van der Waals surface area contributed by atoms with E-state index in [1.54, 1.807) is 0 Å². The molecule has 3 nitrogen and oxygen atoms in total. The van der Waals surface area contributed by atoms with Crippen LogP contribution >= 0.6 is 12.2 Å². The predicted molar refractivity (Wildman–Crippen MR) is 45.9 cm³/mol. The summed E-state index contributed by atoms with van der Waals surface area (Å²) in [6, 6.07) is 0. The van der Waals surface area contributed by atoms with Crippen LogP contribution in [0.1, 0.15) is 13.8 Å². The molecule has 0 aromatic heterocycles. The van der Waals surface area contributed by atoms with Gasteiger partial charge in [0.25, 0.3) is 5.17 Å². The Morgan fingerprint density at radius 2 is 2.30 bits per heavy atom. The third-order valence-electron chi connectivity index (χ3n) is 0.756. The Balaban J connectivity index is 3.26. The summed E-state index contributed by atoms with van der Waals surface area (Å²) in [6.45, 7) is 5.10. The Morgan fingerprint density at radius 1 is 1.70 bits per heavy atom. The van der Waals surface area contributed by atoms with Gasteiger partial charge >= 0.3 is 0 Å². The second kappa shape index (κ2) is 5.44. The fraction of sp³-hybridized carbons (Fsp3) is 0.833. The lowest BCUT2D eigenvalue weighted by molar-refractivity contribution is 0.224. The third-order valence-corrected chi connectivity index (χ3v) is 0.997. The highest BCUT2D eigenvalue weighted by Gasteiger charge is 1.97. The highest BCUT2D eigenvalue weighted by atomic mass is 32.1. The van der Waals surface area contributed by atoms with Gasteiger partial charge in [-0.05, 0) is 26.1 Å². The number of nitrogens with one attached hydrogen (secondary N) is 1. The lowest BCUT2D eigenvalue weighted by Gasteiger charge is -2.10. The maximum Gasteiger partial charge on any atom is 0.256 e. The summed E-state index contributed by atoms with van der Waals surface area (Å²) in [4.78, 5) is 0. The van der Waals surface area contributed by atoms with E-state index in [1.807, 2.05) is 13.8 Å². The summed E-state index contributed by atoms with van der Waals surface area (Å²) >= 11 is 4.81. The molecular weight excluding hydrogens is 148 g/mol. The summed E-state index contributed by atoms with van der Waals surface area (Å²) in [5.41, 5.74) is 5.23. The largest absolute Gasteiger partial charge is 0.468 e. The first kappa shape index (κ1) is 9.65. The van der Waals surface area contributed by atoms with Gasteiger partial charge in [0, 0.05) is 13.1 Å². The van der Waals surface area contributed by atoms with Crippen LogP contribution < -0.4 is 11.1 Å². The molecule has 0 aliphatic rings. The number of rotatable bonds is 3. The summed E-state index contributed by atoms with van der Waals surface area (Å²) in [7, 11) is 0. The maximum absolute atomic E-state index is 5.23. The molecule has 0 amide bonds. The van der Waals surface area contributed by atoms with E-state index in [9.17, 15) is 0 Å². The van der Waals surface area contributed by atoms with Crippen LogP contribution in [0.3, 0.4) is 0 Å². The number of hydrogen-bond donors (Lipinski definition) is 2. The molecule has 0 heterocycles. The van der Waals surface area contributed by atoms with Gasteiger partial charge < -0.3 is 15.8 Å². The third kappa shape index (κ3) is 5.78. The zero-order valence-corrected chi connectivity index (χ0v) is 7.20. The lowest BCUT2D eigenvalue weighted by Crippen LogP contribution is -2.30. The predicted octanol–water partition coefficient (Wildman–Crippen LogP) is 0.245. The first-order valence-corrected chi connectivity index (χ1v) is 3.72. The van der Waals surface area contributed by atoms with Crippen LogP contribution in [-0.2, 0) is 4.74 Å². The van der Waals surface area contributed by atoms with Gasteiger partial charge in [0.2, 0.25) is 0 Å². The van der Waals surface area contributed by atoms with Gasteiger partial charge in [-0.1, -0.05) is 0 Å². The SMILES string of the molecule is CC(C)OC(=S)NCCN. The Labute approximate surface area is 66.9 Å². The molecule has 0 aliphatic heterocycles. The molecule has 3 N–H and O–H groups in total. The zero-order valence-electron chi connectivity index (χ0n) is 6.39. The number of ether oxygens (including phenoxy) is 1. The standard InChI is InChI=1S/C6H14N2OS/c1-5(2)9-6(10)8-4-3-7/h5H,3-4,7H2,1-2H3,(H,8,10). The molecule has 0 saturated carbocycles. The van der Waals surface area contributed by atoms with E-state index in [-0.39, 0.29) is 6.10 Å². The second-order valence-electron chi connectivity index (χ2n) is 2.17. The van der Waals surface area contributed by atoms with Gasteiger partial charge in [0.05, 0.1) is 6.10 Å². The van der Waals surface area contributed by atoms with Crippen molar-refractivity contribution in [2.45, 2.75) is 20.0 Å². The van der Waals surface area contributed by atoms with Gasteiger partial charge in [-0.3, -0.25) is 0 Å². The summed E-state index contributed by atoms with van der Waals surface area (Å²) in [5, 5.41) is 3.28. The molecule has 60 valence electrons. The van der Waals surface area contributed by atoms with Crippen LogP contribution in [0, 0.1) is 0 Å². The van der Waals surface area contributed by atoms with Crippen molar-refractivity contribution in [3.63, 3.8) is 0 Å². The van der Waals surface area contributed by atoms with E-state index in [0.717, 1.165) is 0 Å². The Kier molecular flexibility index (Phi) is 5.25. The molecule has 0 aromatic carbocycles. The molecule has 0 bridgehead atoms. The normalized spacial score (nSPS) is 9.60. The zero-order chi connectivity index (χ0) is 7.98. The van der Waals surface area contributed by atoms with Crippen molar-refractivity contribution in [1.29, 1.82) is 0 Å². The molecule has 0 radical (unpaired) electrons. The van der Waals surface area contributed by atoms with Crippen LogP contribution in [0.25, 0.3) is 0 Å². The van der Waals surface area contributed by atoms with Crippen LogP contribution in [0.5, 0.6) is 0 Å². The van der Waals surface area contributed by atoms with E-state index >= 15 is 0 Å². The molecule has 4 heteroatoms. The lowest BCUT2D eigenvalue weighted by atomic mass is 10.5. The van der Waals surface area contributed by atoms with E-state index < -0.39 is 0 Å². The molecule has 0 aromatic rings. The first-order valence-electron chi connectivity index (χ1n) is 3.31. The number of nitrogens with two attached hydrogens (primary N) is 1. The van der Waals surface area contributed by atoms with E-state index in [4.69, 9.17) is 22.7 Å². The monoisotopic (exact) mass is 162 g/mol. The summed E-state index contributed by atoms with van der Waals surface area (Å²) < 4.78 is 5.12. The molecule has 0 aliphatic carbocycles. The van der Waals surface area contributed by atoms with Crippen molar-refractivity contribution in [3.05, 3.63) is 0 Å². The van der Waals surface area contributed by atoms with Gasteiger partial charge in [0.15, 0.2) is 0 Å². The summed E-state index contributed by atoms with van der Waals surface area (Å²) in [5.74, 6) is 0. The molecule has 0 rings (SSSR count). The Morgan fingerprint density at radius 3 is 2.70 bits per heavy atom. The van der Waals surface area contributed by atoms with Crippen LogP contribution in [-0.4, -0.2) is 24.4 Å². The van der Waals surface area contributed by atoms with Crippen LogP contribution in [0.4, 0.5) is 0 Å². The molecule has 0 atom stereocenters. The van der Waals surface area contributed by atoms with Crippen molar-refractivity contribution in [2.24, 2.45) is 5.73 Å². The highest BCUT2D eigenvalue weighted by Crippen LogP contribution is 1.87. The Bertz CT molecular complexity index is 106. The van der Waals surface area contributed by atoms with Gasteiger partial charge in [-0.15, -0.1) is 0 Å². The van der Waals surface area contributed by atoms with Crippen molar-refractivity contribution >= 4 is 17.4 Å². The first-order chi connectivity index (χ1) is 4.66. The smallest absolute Gasteiger partial charge is 0.256 e. The molecule has 0 saturated heterocycles. The highest BCUT2D eigenvalue weighted by molar-refractivity contribution is 7.80. The fourth-order valence-corrected chi connectivity index (χ4v) is 0.724. The van der Waals surface area contributed by atoms with Crippen molar-refractivity contribution in [1.82, 2.24) is 5.32 Å². The van der Waals surface area contributed by atoms with Crippen LogP contribution in [0.15, 0.2) is 0 Å². The molecule has 0 spiro atoms. The van der Waals surface area contributed by atoms with E-state index in [1.165, 1.54) is 0 Å².